The number of hydrogen-bond acceptors (Lipinski definition) is 9. The first-order valence-electron chi connectivity index (χ1n) is 17.6. The zero-order chi connectivity index (χ0) is 39.6. The van der Waals surface area contributed by atoms with E-state index in [0.29, 0.717) is 6.42 Å². The number of likely N-dealkylation sites (tertiary alicyclic amines) is 1. The fraction of sp³-hybridized carbons (Fsp3) is 0.526. The van der Waals surface area contributed by atoms with Crippen LogP contribution < -0.4 is 10.2 Å². The van der Waals surface area contributed by atoms with E-state index < -0.39 is 71.8 Å². The maximum atomic E-state index is 14.1. The first-order valence-corrected chi connectivity index (χ1v) is 17.6. The van der Waals surface area contributed by atoms with Crippen LogP contribution in [0.4, 0.5) is 15.3 Å². The van der Waals surface area contributed by atoms with Gasteiger partial charge < -0.3 is 39.9 Å². The van der Waals surface area contributed by atoms with Crippen molar-refractivity contribution >= 4 is 41.6 Å². The number of carboxylic acids is 2. The number of aliphatic hydroxyl groups excluding tert-OH is 1. The molecule has 1 saturated heterocycles. The van der Waals surface area contributed by atoms with Gasteiger partial charge in [-0.05, 0) is 70.1 Å². The second-order valence-corrected chi connectivity index (χ2v) is 14.6. The van der Waals surface area contributed by atoms with Crippen LogP contribution in [0.15, 0.2) is 54.6 Å². The van der Waals surface area contributed by atoms with E-state index in [2.05, 4.69) is 5.32 Å². The average molecular weight is 741 g/mol. The highest BCUT2D eigenvalue weighted by atomic mass is 16.6. The third-order valence-electron chi connectivity index (χ3n) is 8.67. The molecule has 0 aliphatic carbocycles. The number of nitrogens with zero attached hydrogens (tertiary/aromatic N) is 3. The van der Waals surface area contributed by atoms with Crippen molar-refractivity contribution in [3.05, 3.63) is 65.7 Å². The van der Waals surface area contributed by atoms with Gasteiger partial charge in [-0.15, -0.1) is 0 Å². The summed E-state index contributed by atoms with van der Waals surface area (Å²) in [6, 6.07) is 9.67. The van der Waals surface area contributed by atoms with Crippen LogP contribution in [0.5, 0.6) is 0 Å². The topological polar surface area (TPSA) is 203 Å². The summed E-state index contributed by atoms with van der Waals surface area (Å²) in [5.41, 5.74) is -0.118. The molecule has 1 aliphatic heterocycles. The summed E-state index contributed by atoms with van der Waals surface area (Å²) < 4.78 is 10.8. The van der Waals surface area contributed by atoms with Crippen molar-refractivity contribution in [2.45, 2.75) is 110 Å². The molecule has 0 spiro atoms. The Morgan fingerprint density at radius 3 is 2.13 bits per heavy atom. The van der Waals surface area contributed by atoms with Crippen molar-refractivity contribution in [2.24, 2.45) is 5.92 Å². The van der Waals surface area contributed by atoms with Crippen molar-refractivity contribution < 1.29 is 53.6 Å². The number of aliphatic carboxylic acids is 2. The number of carbonyl (C=O) groups excluding carboxylic acids is 4. The lowest BCUT2D eigenvalue weighted by molar-refractivity contribution is -0.152. The second-order valence-electron chi connectivity index (χ2n) is 14.6. The molecule has 4 amide bonds. The number of benzene rings is 2. The number of carboxylic acid groups (broad SMARTS) is 2. The van der Waals surface area contributed by atoms with Crippen LogP contribution in [0.2, 0.25) is 0 Å². The van der Waals surface area contributed by atoms with Crippen molar-refractivity contribution in [3.63, 3.8) is 0 Å². The van der Waals surface area contributed by atoms with Gasteiger partial charge in [0.25, 0.3) is 0 Å². The van der Waals surface area contributed by atoms with Gasteiger partial charge in [0.15, 0.2) is 6.04 Å². The summed E-state index contributed by atoms with van der Waals surface area (Å²) in [5.74, 6) is -4.07. The zero-order valence-corrected chi connectivity index (χ0v) is 31.4. The Morgan fingerprint density at radius 1 is 0.943 bits per heavy atom. The van der Waals surface area contributed by atoms with E-state index in [-0.39, 0.29) is 49.6 Å². The molecule has 15 nitrogen and oxygen atoms in total. The minimum atomic E-state index is -1.80. The standard InChI is InChI=1S/C38H52N4O11/c1-23(2)20-27(39-36(50)52-22-25-14-9-8-10-15-25)32(44)41-19-13-18-29(41)33(45)40(7)30(34(46)47)21-26-16-11-12-17-28(26)42(31(24(3)43)35(48)49)37(51)53-38(4,5)6/h8-12,14-17,23-24,27,29-31,43H,13,18-22H2,1-7H3,(H,39,50)(H,46,47)(H,48,49)/t24-,27+,29+,30+,31+/m1/s1. The minimum absolute atomic E-state index is 0.00386. The Morgan fingerprint density at radius 2 is 1.57 bits per heavy atom. The van der Waals surface area contributed by atoms with Gasteiger partial charge in [0.05, 0.1) is 11.8 Å². The predicted octanol–water partition coefficient (Wildman–Crippen LogP) is 4.05. The van der Waals surface area contributed by atoms with E-state index in [0.717, 1.165) is 15.4 Å². The molecule has 290 valence electrons. The molecule has 15 heteroatoms. The van der Waals surface area contributed by atoms with E-state index >= 15 is 0 Å². The Balaban J connectivity index is 1.88. The molecular weight excluding hydrogens is 688 g/mol. The van der Waals surface area contributed by atoms with E-state index in [1.165, 1.54) is 37.1 Å². The van der Waals surface area contributed by atoms with Gasteiger partial charge in [0.2, 0.25) is 11.8 Å². The van der Waals surface area contributed by atoms with Gasteiger partial charge >= 0.3 is 24.1 Å². The molecule has 0 radical (unpaired) electrons. The maximum absolute atomic E-state index is 14.1. The van der Waals surface area contributed by atoms with E-state index in [1.54, 1.807) is 39.0 Å². The minimum Gasteiger partial charge on any atom is -0.480 e. The Labute approximate surface area is 309 Å². The lowest BCUT2D eigenvalue weighted by atomic mass is 9.99. The van der Waals surface area contributed by atoms with Crippen LogP contribution in [0.1, 0.15) is 71.9 Å². The molecule has 1 heterocycles. The summed E-state index contributed by atoms with van der Waals surface area (Å²) in [6.45, 7) is 9.94. The normalized spacial score (nSPS) is 16.5. The monoisotopic (exact) mass is 740 g/mol. The Hall–Kier alpha value is -5.18. The summed E-state index contributed by atoms with van der Waals surface area (Å²) in [5, 5.41) is 33.5. The van der Waals surface area contributed by atoms with Crippen LogP contribution in [-0.2, 0) is 41.7 Å². The predicted molar refractivity (Wildman–Crippen MR) is 194 cm³/mol. The molecule has 2 aromatic rings. The molecule has 2 aromatic carbocycles. The van der Waals surface area contributed by atoms with Crippen molar-refractivity contribution in [1.82, 2.24) is 15.1 Å². The van der Waals surface area contributed by atoms with Gasteiger partial charge in [-0.1, -0.05) is 62.4 Å². The molecule has 1 aliphatic rings. The number of carbonyl (C=O) groups is 6. The van der Waals surface area contributed by atoms with Gasteiger partial charge in [0, 0.05) is 20.0 Å². The number of para-hydroxylation sites is 1. The number of ether oxygens (including phenoxy) is 2. The smallest absolute Gasteiger partial charge is 0.415 e. The average Bonchev–Trinajstić information content (AvgIpc) is 3.56. The highest BCUT2D eigenvalue weighted by molar-refractivity contribution is 5.97. The molecule has 0 saturated carbocycles. The molecule has 1 fully saturated rings. The van der Waals surface area contributed by atoms with Crippen LogP contribution in [0.3, 0.4) is 0 Å². The number of alkyl carbamates (subject to hydrolysis) is 1. The van der Waals surface area contributed by atoms with Gasteiger partial charge in [-0.2, -0.15) is 0 Å². The third kappa shape index (κ3) is 11.7. The van der Waals surface area contributed by atoms with Crippen molar-refractivity contribution in [3.8, 4) is 0 Å². The fourth-order valence-corrected chi connectivity index (χ4v) is 6.20. The molecular formula is C38H52N4O11. The Kier molecular flexibility index (Phi) is 14.8. The number of anilines is 1. The molecule has 4 N–H and O–H groups in total. The zero-order valence-electron chi connectivity index (χ0n) is 31.4. The van der Waals surface area contributed by atoms with Crippen molar-refractivity contribution in [2.75, 3.05) is 18.5 Å². The molecule has 0 unspecified atom stereocenters. The van der Waals surface area contributed by atoms with Gasteiger partial charge in [0.1, 0.15) is 30.3 Å². The molecule has 53 heavy (non-hydrogen) atoms. The van der Waals surface area contributed by atoms with Crippen LogP contribution in [0.25, 0.3) is 0 Å². The SMILES string of the molecule is CC(C)C[C@H](NC(=O)OCc1ccccc1)C(=O)N1CCC[C@H]1C(=O)N(C)[C@@H](Cc1ccccc1N(C(=O)OC(C)(C)C)[C@H](C(=O)O)[C@@H](C)O)C(=O)O. The fourth-order valence-electron chi connectivity index (χ4n) is 6.20. The van der Waals surface area contributed by atoms with Crippen LogP contribution in [-0.4, -0.2) is 111 Å². The molecule has 0 bridgehead atoms. The maximum Gasteiger partial charge on any atom is 0.415 e. The first kappa shape index (κ1) is 42.2. The first-order chi connectivity index (χ1) is 24.8. The van der Waals surface area contributed by atoms with E-state index in [9.17, 15) is 44.1 Å². The quantitative estimate of drug-likeness (QED) is 0.205. The summed E-state index contributed by atoms with van der Waals surface area (Å²) in [4.78, 5) is 82.5. The Bertz CT molecular complexity index is 1610. The van der Waals surface area contributed by atoms with Crippen LogP contribution in [0, 0.1) is 5.92 Å². The lowest BCUT2D eigenvalue weighted by Gasteiger charge is -2.35. The van der Waals surface area contributed by atoms with Gasteiger partial charge in [-0.25, -0.2) is 19.2 Å². The third-order valence-corrected chi connectivity index (χ3v) is 8.67. The van der Waals surface area contributed by atoms with Gasteiger partial charge in [-0.3, -0.25) is 14.5 Å². The number of likely N-dealkylation sites (N-methyl/N-ethyl adjacent to an activating group) is 1. The largest absolute Gasteiger partial charge is 0.480 e. The summed E-state index contributed by atoms with van der Waals surface area (Å²) >= 11 is 0. The molecule has 0 aromatic heterocycles. The lowest BCUT2D eigenvalue weighted by Crippen LogP contribution is -2.56. The van der Waals surface area contributed by atoms with E-state index in [1.807, 2.05) is 32.0 Å². The number of rotatable bonds is 15. The summed E-state index contributed by atoms with van der Waals surface area (Å²) in [6.07, 6.45) is -2.82. The van der Waals surface area contributed by atoms with Crippen molar-refractivity contribution in [1.29, 1.82) is 0 Å². The number of hydrogen-bond donors (Lipinski definition) is 4. The van der Waals surface area contributed by atoms with E-state index in [4.69, 9.17) is 9.47 Å². The molecule has 3 rings (SSSR count). The number of nitrogens with one attached hydrogen (secondary N) is 1. The summed E-state index contributed by atoms with van der Waals surface area (Å²) in [7, 11) is 1.30. The second kappa shape index (κ2) is 18.5. The number of aliphatic hydroxyl groups is 1. The molecule has 5 atom stereocenters. The van der Waals surface area contributed by atoms with Crippen LogP contribution >= 0.6 is 0 Å². The number of amides is 4. The highest BCUT2D eigenvalue weighted by Crippen LogP contribution is 2.29. The highest BCUT2D eigenvalue weighted by Gasteiger charge is 2.43.